The van der Waals surface area contributed by atoms with Gasteiger partial charge in [0.1, 0.15) is 0 Å². The maximum atomic E-state index is 3.85. The van der Waals surface area contributed by atoms with Gasteiger partial charge in [0.05, 0.1) is 0 Å². The van der Waals surface area contributed by atoms with E-state index in [-0.39, 0.29) is 0 Å². The number of unbranched alkanes of at least 4 members (excludes halogenated alkanes) is 3. The van der Waals surface area contributed by atoms with Crippen molar-refractivity contribution < 1.29 is 0 Å². The highest BCUT2D eigenvalue weighted by atomic mass is 14.9. The Hall–Kier alpha value is -0.0400. The predicted octanol–water partition coefficient (Wildman–Crippen LogP) is 5.54. The summed E-state index contributed by atoms with van der Waals surface area (Å²) in [4.78, 5) is 0. The third kappa shape index (κ3) is 5.76. The van der Waals surface area contributed by atoms with E-state index in [9.17, 15) is 0 Å². The fourth-order valence-electron chi connectivity index (χ4n) is 4.40. The molecule has 3 atom stereocenters. The van der Waals surface area contributed by atoms with Crippen LogP contribution in [0.25, 0.3) is 0 Å². The lowest BCUT2D eigenvalue weighted by Gasteiger charge is -2.39. The minimum absolute atomic E-state index is 0.852. The van der Waals surface area contributed by atoms with Crippen molar-refractivity contribution in [2.24, 2.45) is 17.8 Å². The largest absolute Gasteiger partial charge is 0.314 e. The molecule has 0 aromatic carbocycles. The summed E-state index contributed by atoms with van der Waals surface area (Å²) in [7, 11) is 0. The van der Waals surface area contributed by atoms with E-state index in [1.165, 1.54) is 83.6 Å². The van der Waals surface area contributed by atoms with Crippen molar-refractivity contribution in [3.8, 4) is 0 Å². The van der Waals surface area contributed by atoms with Crippen LogP contribution in [0.5, 0.6) is 0 Å². The van der Waals surface area contributed by atoms with Gasteiger partial charge < -0.3 is 5.32 Å². The molecule has 1 heteroatoms. The van der Waals surface area contributed by atoms with E-state index in [1.807, 2.05) is 0 Å². The van der Waals surface area contributed by atoms with Gasteiger partial charge in [0.25, 0.3) is 0 Å². The maximum absolute atomic E-state index is 3.85. The predicted molar refractivity (Wildman–Crippen MR) is 89.0 cm³/mol. The first-order valence-electron chi connectivity index (χ1n) is 9.49. The van der Waals surface area contributed by atoms with Crippen LogP contribution in [0.4, 0.5) is 0 Å². The molecule has 0 aromatic rings. The number of rotatable bonds is 8. The van der Waals surface area contributed by atoms with Crippen molar-refractivity contribution in [3.05, 3.63) is 0 Å². The van der Waals surface area contributed by atoms with E-state index >= 15 is 0 Å². The molecule has 0 radical (unpaired) electrons. The van der Waals surface area contributed by atoms with E-state index < -0.39 is 0 Å². The molecule has 118 valence electrons. The van der Waals surface area contributed by atoms with Crippen LogP contribution in [0.3, 0.4) is 0 Å². The maximum Gasteiger partial charge on any atom is 0.00699 e. The van der Waals surface area contributed by atoms with Gasteiger partial charge in [-0.1, -0.05) is 65.2 Å². The molecule has 2 aliphatic carbocycles. The van der Waals surface area contributed by atoms with Crippen molar-refractivity contribution >= 4 is 0 Å². The zero-order chi connectivity index (χ0) is 14.2. The fourth-order valence-corrected chi connectivity index (χ4v) is 4.40. The van der Waals surface area contributed by atoms with Gasteiger partial charge in [-0.3, -0.25) is 0 Å². The van der Waals surface area contributed by atoms with Gasteiger partial charge in [0.2, 0.25) is 0 Å². The molecular weight excluding hydrogens is 242 g/mol. The van der Waals surface area contributed by atoms with E-state index in [1.54, 1.807) is 0 Å². The summed E-state index contributed by atoms with van der Waals surface area (Å²) in [5.74, 6) is 3.05. The Kier molecular flexibility index (Phi) is 7.41. The smallest absolute Gasteiger partial charge is 0.00699 e. The van der Waals surface area contributed by atoms with Crippen molar-refractivity contribution in [1.29, 1.82) is 0 Å². The number of nitrogens with one attached hydrogen (secondary N) is 1. The minimum Gasteiger partial charge on any atom is -0.314 e. The molecule has 0 aromatic heterocycles. The molecule has 1 N–H and O–H groups in total. The highest BCUT2D eigenvalue weighted by molar-refractivity contribution is 4.86. The lowest BCUT2D eigenvalue weighted by Crippen LogP contribution is -2.39. The van der Waals surface area contributed by atoms with E-state index in [0.717, 1.165) is 23.8 Å². The zero-order valence-corrected chi connectivity index (χ0v) is 14.0. The molecule has 2 saturated carbocycles. The first-order valence-corrected chi connectivity index (χ1v) is 9.49. The molecule has 2 fully saturated rings. The summed E-state index contributed by atoms with van der Waals surface area (Å²) >= 11 is 0. The quantitative estimate of drug-likeness (QED) is 0.575. The molecule has 0 bridgehead atoms. The van der Waals surface area contributed by atoms with E-state index in [0.29, 0.717) is 0 Å². The topological polar surface area (TPSA) is 12.0 Å². The van der Waals surface area contributed by atoms with Gasteiger partial charge in [-0.2, -0.15) is 0 Å². The standard InChI is InChI=1S/C19H37N/c1-16(2)9-5-3-4-8-14-20-19-13-12-17-10-6-7-11-18(17)15-19/h16-20H,3-15H2,1-2H3. The summed E-state index contributed by atoms with van der Waals surface area (Å²) in [5.41, 5.74) is 0. The first-order chi connectivity index (χ1) is 9.75. The average molecular weight is 280 g/mol. The number of hydrogen-bond acceptors (Lipinski definition) is 1. The average Bonchev–Trinajstić information content (AvgIpc) is 2.46. The monoisotopic (exact) mass is 279 g/mol. The van der Waals surface area contributed by atoms with E-state index in [4.69, 9.17) is 0 Å². The fraction of sp³-hybridized carbons (Fsp3) is 1.00. The van der Waals surface area contributed by atoms with Crippen LogP contribution in [-0.2, 0) is 0 Å². The van der Waals surface area contributed by atoms with Crippen molar-refractivity contribution in [3.63, 3.8) is 0 Å². The van der Waals surface area contributed by atoms with Crippen LogP contribution < -0.4 is 5.32 Å². The highest BCUT2D eigenvalue weighted by Gasteiger charge is 2.31. The van der Waals surface area contributed by atoms with Crippen molar-refractivity contribution in [1.82, 2.24) is 5.32 Å². The summed E-state index contributed by atoms with van der Waals surface area (Å²) < 4.78 is 0. The normalized spacial score (nSPS) is 30.4. The Bertz CT molecular complexity index is 248. The van der Waals surface area contributed by atoms with Crippen LogP contribution in [0.2, 0.25) is 0 Å². The molecule has 0 heterocycles. The third-order valence-corrected chi connectivity index (χ3v) is 5.68. The first kappa shape index (κ1) is 16.3. The Morgan fingerprint density at radius 2 is 1.60 bits per heavy atom. The van der Waals surface area contributed by atoms with Gasteiger partial charge in [-0.25, -0.2) is 0 Å². The van der Waals surface area contributed by atoms with Gasteiger partial charge in [-0.05, 0) is 50.0 Å². The third-order valence-electron chi connectivity index (χ3n) is 5.68. The van der Waals surface area contributed by atoms with Crippen LogP contribution >= 0.6 is 0 Å². The van der Waals surface area contributed by atoms with Gasteiger partial charge in [0.15, 0.2) is 0 Å². The van der Waals surface area contributed by atoms with Crippen LogP contribution in [-0.4, -0.2) is 12.6 Å². The Morgan fingerprint density at radius 1 is 0.850 bits per heavy atom. The summed E-state index contributed by atoms with van der Waals surface area (Å²) in [6.07, 6.45) is 17.6. The molecule has 0 amide bonds. The molecule has 0 spiro atoms. The highest BCUT2D eigenvalue weighted by Crippen LogP contribution is 2.40. The summed E-state index contributed by atoms with van der Waals surface area (Å²) in [5, 5.41) is 3.85. The molecule has 2 aliphatic rings. The van der Waals surface area contributed by atoms with Gasteiger partial charge in [-0.15, -0.1) is 0 Å². The molecule has 0 saturated heterocycles. The number of fused-ring (bicyclic) bond motifs is 1. The Labute approximate surface area is 127 Å². The summed E-state index contributed by atoms with van der Waals surface area (Å²) in [6, 6.07) is 0.852. The van der Waals surface area contributed by atoms with Crippen molar-refractivity contribution in [2.45, 2.75) is 96.9 Å². The Morgan fingerprint density at radius 3 is 2.40 bits per heavy atom. The van der Waals surface area contributed by atoms with Gasteiger partial charge in [0, 0.05) is 6.04 Å². The van der Waals surface area contributed by atoms with Crippen LogP contribution in [0.1, 0.15) is 90.9 Å². The molecule has 0 aliphatic heterocycles. The molecule has 20 heavy (non-hydrogen) atoms. The minimum atomic E-state index is 0.852. The van der Waals surface area contributed by atoms with E-state index in [2.05, 4.69) is 19.2 Å². The lowest BCUT2D eigenvalue weighted by molar-refractivity contribution is 0.143. The second-order valence-corrected chi connectivity index (χ2v) is 7.87. The Balaban J connectivity index is 1.48. The molecule has 2 rings (SSSR count). The molecular formula is C19H37N. The second kappa shape index (κ2) is 9.07. The molecule has 3 unspecified atom stereocenters. The van der Waals surface area contributed by atoms with Gasteiger partial charge >= 0.3 is 0 Å². The van der Waals surface area contributed by atoms with Crippen LogP contribution in [0, 0.1) is 17.8 Å². The van der Waals surface area contributed by atoms with Crippen LogP contribution in [0.15, 0.2) is 0 Å². The summed E-state index contributed by atoms with van der Waals surface area (Å²) in [6.45, 7) is 5.94. The number of hydrogen-bond donors (Lipinski definition) is 1. The zero-order valence-electron chi connectivity index (χ0n) is 14.0. The molecule has 1 nitrogen and oxygen atoms in total. The van der Waals surface area contributed by atoms with Crippen molar-refractivity contribution in [2.75, 3.05) is 6.54 Å². The second-order valence-electron chi connectivity index (χ2n) is 7.87. The SMILES string of the molecule is CC(C)CCCCCCNC1CCC2CCCCC2C1. The lowest BCUT2D eigenvalue weighted by atomic mass is 9.69.